The van der Waals surface area contributed by atoms with E-state index >= 15 is 0 Å². The van der Waals surface area contributed by atoms with Crippen LogP contribution in [0.4, 0.5) is 5.69 Å². The molecule has 2 heterocycles. The number of hydrogen-bond donors (Lipinski definition) is 0. The monoisotopic (exact) mass is 467 g/mol. The lowest BCUT2D eigenvalue weighted by Gasteiger charge is -2.36. The number of fused-ring (bicyclic) bond motifs is 3. The molecule has 0 aromatic heterocycles. The van der Waals surface area contributed by atoms with Gasteiger partial charge in [-0.25, -0.2) is 0 Å². The first-order valence-electron chi connectivity index (χ1n) is 9.71. The van der Waals surface area contributed by atoms with Crippen LogP contribution in [0.1, 0.15) is 16.7 Å². The maximum atomic E-state index is 6.49. The number of benzene rings is 3. The van der Waals surface area contributed by atoms with Crippen molar-refractivity contribution < 1.29 is 4.84 Å². The standard InChI is InChI=1S/C24H19Cl2N3OS/c1-28-21-13-12-19(26)14-20(21)24(17-6-4-3-5-7-17)29(15-22(28)31-2)23(27-30-24)16-8-10-18(25)11-9-16/h3-15H,1-2H3. The van der Waals surface area contributed by atoms with Crippen LogP contribution in [0.5, 0.6) is 0 Å². The van der Waals surface area contributed by atoms with Crippen molar-refractivity contribution in [2.75, 3.05) is 18.2 Å². The van der Waals surface area contributed by atoms with E-state index in [-0.39, 0.29) is 0 Å². The molecule has 0 saturated carbocycles. The zero-order chi connectivity index (χ0) is 21.6. The molecule has 1 unspecified atom stereocenters. The minimum absolute atomic E-state index is 0.638. The molecule has 2 aliphatic heterocycles. The van der Waals surface area contributed by atoms with E-state index in [4.69, 9.17) is 28.0 Å². The third-order valence-corrected chi connectivity index (χ3v) is 6.85. The average molecular weight is 468 g/mol. The number of thioether (sulfide) groups is 1. The van der Waals surface area contributed by atoms with Crippen LogP contribution >= 0.6 is 35.0 Å². The van der Waals surface area contributed by atoms with Gasteiger partial charge in [0.05, 0.1) is 10.7 Å². The molecule has 0 radical (unpaired) electrons. The molecule has 5 rings (SSSR count). The summed E-state index contributed by atoms with van der Waals surface area (Å²) in [6, 6.07) is 23.6. The van der Waals surface area contributed by atoms with Crippen LogP contribution in [0.3, 0.4) is 0 Å². The van der Waals surface area contributed by atoms with Gasteiger partial charge in [-0.15, -0.1) is 11.8 Å². The van der Waals surface area contributed by atoms with E-state index in [2.05, 4.69) is 46.6 Å². The maximum absolute atomic E-state index is 6.49. The van der Waals surface area contributed by atoms with E-state index in [1.54, 1.807) is 11.8 Å². The molecule has 1 atom stereocenters. The van der Waals surface area contributed by atoms with Crippen molar-refractivity contribution in [3.05, 3.63) is 111 Å². The second-order valence-corrected chi connectivity index (χ2v) is 8.98. The number of rotatable bonds is 3. The van der Waals surface area contributed by atoms with Gasteiger partial charge in [0, 0.05) is 40.0 Å². The fraction of sp³-hybridized carbons (Fsp3) is 0.125. The second-order valence-electron chi connectivity index (χ2n) is 7.29. The first-order valence-corrected chi connectivity index (χ1v) is 11.7. The molecule has 7 heteroatoms. The quantitative estimate of drug-likeness (QED) is 0.439. The molecule has 0 saturated heterocycles. The molecule has 31 heavy (non-hydrogen) atoms. The summed E-state index contributed by atoms with van der Waals surface area (Å²) in [4.78, 5) is 10.6. The van der Waals surface area contributed by atoms with Gasteiger partial charge in [0.25, 0.3) is 5.72 Å². The second kappa shape index (κ2) is 7.83. The Labute approximate surface area is 195 Å². The number of halogens is 2. The van der Waals surface area contributed by atoms with Crippen LogP contribution < -0.4 is 4.90 Å². The van der Waals surface area contributed by atoms with Crippen molar-refractivity contribution >= 4 is 46.5 Å². The number of hydrogen-bond acceptors (Lipinski definition) is 5. The highest BCUT2D eigenvalue weighted by Crippen LogP contribution is 2.50. The zero-order valence-electron chi connectivity index (χ0n) is 16.9. The van der Waals surface area contributed by atoms with E-state index in [1.807, 2.05) is 60.7 Å². The van der Waals surface area contributed by atoms with Crippen LogP contribution in [-0.4, -0.2) is 24.0 Å². The van der Waals surface area contributed by atoms with Crippen LogP contribution in [0.25, 0.3) is 0 Å². The van der Waals surface area contributed by atoms with Crippen molar-refractivity contribution in [2.24, 2.45) is 5.16 Å². The minimum atomic E-state index is -0.998. The van der Waals surface area contributed by atoms with Crippen molar-refractivity contribution in [1.29, 1.82) is 0 Å². The van der Waals surface area contributed by atoms with Crippen LogP contribution in [0, 0.1) is 0 Å². The molecule has 4 nitrogen and oxygen atoms in total. The third kappa shape index (κ3) is 3.19. The van der Waals surface area contributed by atoms with E-state index in [0.29, 0.717) is 15.9 Å². The predicted molar refractivity (Wildman–Crippen MR) is 130 cm³/mol. The Hall–Kier alpha value is -2.60. The molecular weight excluding hydrogens is 449 g/mol. The largest absolute Gasteiger partial charge is 0.354 e. The van der Waals surface area contributed by atoms with Crippen molar-refractivity contribution in [2.45, 2.75) is 5.72 Å². The highest BCUT2D eigenvalue weighted by atomic mass is 35.5. The molecule has 0 fully saturated rings. The highest BCUT2D eigenvalue weighted by molar-refractivity contribution is 8.02. The van der Waals surface area contributed by atoms with E-state index < -0.39 is 5.72 Å². The van der Waals surface area contributed by atoms with Crippen LogP contribution in [0.15, 0.2) is 89.2 Å². The fourth-order valence-electron chi connectivity index (χ4n) is 4.06. The summed E-state index contributed by atoms with van der Waals surface area (Å²) in [7, 11) is 2.05. The van der Waals surface area contributed by atoms with Gasteiger partial charge in [0.1, 0.15) is 0 Å². The Bertz CT molecular complexity index is 1200. The summed E-state index contributed by atoms with van der Waals surface area (Å²) in [6.07, 6.45) is 4.15. The molecule has 3 aromatic carbocycles. The molecule has 2 aliphatic rings. The molecule has 0 N–H and O–H groups in total. The van der Waals surface area contributed by atoms with Crippen LogP contribution in [0.2, 0.25) is 10.0 Å². The summed E-state index contributed by atoms with van der Waals surface area (Å²) in [5.41, 5.74) is 2.79. The lowest BCUT2D eigenvalue weighted by atomic mass is 9.91. The molecular formula is C24H19Cl2N3OS. The van der Waals surface area contributed by atoms with E-state index in [0.717, 1.165) is 27.4 Å². The first-order chi connectivity index (χ1) is 15.0. The minimum Gasteiger partial charge on any atom is -0.354 e. The molecule has 0 bridgehead atoms. The summed E-state index contributed by atoms with van der Waals surface area (Å²) >= 11 is 14.3. The molecule has 156 valence electrons. The van der Waals surface area contributed by atoms with Gasteiger partial charge in [0.15, 0.2) is 5.84 Å². The van der Waals surface area contributed by atoms with E-state index in [9.17, 15) is 0 Å². The molecule has 0 spiro atoms. The third-order valence-electron chi connectivity index (χ3n) is 5.56. The van der Waals surface area contributed by atoms with Gasteiger partial charge in [-0.1, -0.05) is 58.7 Å². The molecule has 3 aromatic rings. The van der Waals surface area contributed by atoms with Crippen molar-refractivity contribution in [1.82, 2.24) is 4.90 Å². The Morgan fingerprint density at radius 2 is 1.65 bits per heavy atom. The smallest absolute Gasteiger partial charge is 0.269 e. The Morgan fingerprint density at radius 3 is 2.35 bits per heavy atom. The normalized spacial score (nSPS) is 19.7. The topological polar surface area (TPSA) is 28.1 Å². The average Bonchev–Trinajstić information content (AvgIpc) is 3.13. The summed E-state index contributed by atoms with van der Waals surface area (Å²) < 4.78 is 0. The first kappa shape index (κ1) is 20.3. The Balaban J connectivity index is 1.81. The highest BCUT2D eigenvalue weighted by Gasteiger charge is 2.52. The summed E-state index contributed by atoms with van der Waals surface area (Å²) in [5.74, 6) is 0.702. The Morgan fingerprint density at radius 1 is 0.935 bits per heavy atom. The lowest BCUT2D eigenvalue weighted by Crippen LogP contribution is -2.44. The van der Waals surface area contributed by atoms with Gasteiger partial charge in [-0.05, 0) is 48.7 Å². The lowest BCUT2D eigenvalue weighted by molar-refractivity contribution is -0.0532. The number of anilines is 1. The van der Waals surface area contributed by atoms with Crippen molar-refractivity contribution in [3.63, 3.8) is 0 Å². The summed E-state index contributed by atoms with van der Waals surface area (Å²) in [6.45, 7) is 0. The predicted octanol–water partition coefficient (Wildman–Crippen LogP) is 6.50. The number of amidine groups is 1. The van der Waals surface area contributed by atoms with Gasteiger partial charge in [-0.2, -0.15) is 0 Å². The van der Waals surface area contributed by atoms with Gasteiger partial charge in [-0.3, -0.25) is 4.90 Å². The number of oxime groups is 1. The Kier molecular flexibility index (Phi) is 5.13. The van der Waals surface area contributed by atoms with Crippen molar-refractivity contribution in [3.8, 4) is 0 Å². The fourth-order valence-corrected chi connectivity index (χ4v) is 4.94. The van der Waals surface area contributed by atoms with Gasteiger partial charge < -0.3 is 9.74 Å². The van der Waals surface area contributed by atoms with Gasteiger partial charge in [0.2, 0.25) is 0 Å². The van der Waals surface area contributed by atoms with Crippen LogP contribution in [-0.2, 0) is 10.6 Å². The molecule has 0 amide bonds. The van der Waals surface area contributed by atoms with Gasteiger partial charge >= 0.3 is 0 Å². The molecule has 0 aliphatic carbocycles. The van der Waals surface area contributed by atoms with E-state index in [1.165, 1.54) is 0 Å². The summed E-state index contributed by atoms with van der Waals surface area (Å²) in [5, 5.41) is 6.94. The number of nitrogens with zero attached hydrogens (tertiary/aromatic N) is 3. The SMILES string of the molecule is CSC1=CN2C(c3ccc(Cl)cc3)=NOC2(c2ccccc2)c2cc(Cl)ccc2N1C. The zero-order valence-corrected chi connectivity index (χ0v) is 19.2. The maximum Gasteiger partial charge on any atom is 0.269 e.